The summed E-state index contributed by atoms with van der Waals surface area (Å²) >= 11 is 0. The lowest BCUT2D eigenvalue weighted by molar-refractivity contribution is -0.128. The maximum absolute atomic E-state index is 12.3. The molecule has 1 atom stereocenters. The second-order valence-corrected chi connectivity index (χ2v) is 5.89. The first-order valence-corrected chi connectivity index (χ1v) is 7.66. The summed E-state index contributed by atoms with van der Waals surface area (Å²) in [6, 6.07) is 11.6. The number of aromatic nitrogens is 1. The van der Waals surface area contributed by atoms with Gasteiger partial charge >= 0.3 is 0 Å². The van der Waals surface area contributed by atoms with Crippen LogP contribution in [0.15, 0.2) is 48.8 Å². The van der Waals surface area contributed by atoms with Crippen LogP contribution in [0.3, 0.4) is 0 Å². The van der Waals surface area contributed by atoms with E-state index < -0.39 is 0 Å². The van der Waals surface area contributed by atoms with Crippen LogP contribution >= 0.6 is 0 Å². The van der Waals surface area contributed by atoms with Crippen molar-refractivity contribution in [3.05, 3.63) is 59.9 Å². The van der Waals surface area contributed by atoms with Crippen molar-refractivity contribution in [2.75, 3.05) is 11.9 Å². The van der Waals surface area contributed by atoms with Crippen molar-refractivity contribution in [3.63, 3.8) is 0 Å². The molecule has 23 heavy (non-hydrogen) atoms. The van der Waals surface area contributed by atoms with Crippen LogP contribution in [0, 0.1) is 12.8 Å². The number of rotatable bonds is 4. The SMILES string of the molecule is Cc1ccc(CN2CC(C(=O)Nc3cccnc3)CC2=O)cc1. The molecule has 0 radical (unpaired) electrons. The van der Waals surface area contributed by atoms with Gasteiger partial charge in [-0.05, 0) is 24.6 Å². The van der Waals surface area contributed by atoms with Crippen molar-refractivity contribution in [1.29, 1.82) is 0 Å². The molecule has 0 aliphatic carbocycles. The summed E-state index contributed by atoms with van der Waals surface area (Å²) < 4.78 is 0. The number of benzene rings is 1. The molecule has 1 aromatic heterocycles. The molecule has 1 aromatic carbocycles. The summed E-state index contributed by atoms with van der Waals surface area (Å²) in [5.74, 6) is -0.414. The number of pyridine rings is 1. The third-order valence-corrected chi connectivity index (χ3v) is 4.01. The minimum absolute atomic E-state index is 0.0249. The third-order valence-electron chi connectivity index (χ3n) is 4.01. The number of nitrogens with zero attached hydrogens (tertiary/aromatic N) is 2. The van der Waals surface area contributed by atoms with Crippen LogP contribution in [0.4, 0.5) is 5.69 Å². The topological polar surface area (TPSA) is 62.3 Å². The fourth-order valence-corrected chi connectivity index (χ4v) is 2.70. The zero-order chi connectivity index (χ0) is 16.2. The molecule has 1 fully saturated rings. The highest BCUT2D eigenvalue weighted by atomic mass is 16.2. The van der Waals surface area contributed by atoms with E-state index in [1.165, 1.54) is 5.56 Å². The molecule has 0 saturated carbocycles. The molecule has 2 heterocycles. The molecule has 1 saturated heterocycles. The highest BCUT2D eigenvalue weighted by molar-refractivity contribution is 5.97. The van der Waals surface area contributed by atoms with Gasteiger partial charge in [-0.1, -0.05) is 29.8 Å². The van der Waals surface area contributed by atoms with E-state index >= 15 is 0 Å². The van der Waals surface area contributed by atoms with Gasteiger partial charge in [0.15, 0.2) is 0 Å². The van der Waals surface area contributed by atoms with Gasteiger partial charge in [0.05, 0.1) is 17.8 Å². The monoisotopic (exact) mass is 309 g/mol. The first-order chi connectivity index (χ1) is 11.1. The summed E-state index contributed by atoms with van der Waals surface area (Å²) in [5.41, 5.74) is 2.93. The lowest BCUT2D eigenvalue weighted by Gasteiger charge is -2.17. The number of hydrogen-bond donors (Lipinski definition) is 1. The van der Waals surface area contributed by atoms with Crippen LogP contribution < -0.4 is 5.32 Å². The van der Waals surface area contributed by atoms with Crippen molar-refractivity contribution >= 4 is 17.5 Å². The molecular weight excluding hydrogens is 290 g/mol. The van der Waals surface area contributed by atoms with Crippen molar-refractivity contribution in [2.24, 2.45) is 5.92 Å². The van der Waals surface area contributed by atoms with Crippen LogP contribution in [0.5, 0.6) is 0 Å². The predicted molar refractivity (Wildman–Crippen MR) is 87.6 cm³/mol. The van der Waals surface area contributed by atoms with Gasteiger partial charge in [0.2, 0.25) is 11.8 Å². The smallest absolute Gasteiger partial charge is 0.229 e. The van der Waals surface area contributed by atoms with Gasteiger partial charge in [-0.15, -0.1) is 0 Å². The van der Waals surface area contributed by atoms with Gasteiger partial charge in [0.25, 0.3) is 0 Å². The quantitative estimate of drug-likeness (QED) is 0.943. The minimum Gasteiger partial charge on any atom is -0.338 e. The third kappa shape index (κ3) is 3.74. The van der Waals surface area contributed by atoms with Crippen molar-refractivity contribution < 1.29 is 9.59 Å². The van der Waals surface area contributed by atoms with Crippen LogP contribution in [0.1, 0.15) is 17.5 Å². The Labute approximate surface area is 135 Å². The van der Waals surface area contributed by atoms with E-state index in [1.807, 2.05) is 31.2 Å². The van der Waals surface area contributed by atoms with Crippen LogP contribution in [-0.2, 0) is 16.1 Å². The van der Waals surface area contributed by atoms with E-state index in [2.05, 4.69) is 10.3 Å². The maximum Gasteiger partial charge on any atom is 0.229 e. The largest absolute Gasteiger partial charge is 0.338 e. The van der Waals surface area contributed by atoms with E-state index in [9.17, 15) is 9.59 Å². The second kappa shape index (κ2) is 6.60. The molecule has 0 spiro atoms. The molecule has 0 bridgehead atoms. The van der Waals surface area contributed by atoms with Crippen molar-refractivity contribution in [3.8, 4) is 0 Å². The van der Waals surface area contributed by atoms with Crippen LogP contribution in [0.25, 0.3) is 0 Å². The number of carbonyl (C=O) groups is 2. The molecule has 118 valence electrons. The van der Waals surface area contributed by atoms with Crippen LogP contribution in [-0.4, -0.2) is 28.2 Å². The van der Waals surface area contributed by atoms with E-state index in [4.69, 9.17) is 0 Å². The lowest BCUT2D eigenvalue weighted by Crippen LogP contribution is -2.28. The molecule has 2 amide bonds. The normalized spacial score (nSPS) is 17.3. The lowest BCUT2D eigenvalue weighted by atomic mass is 10.1. The summed E-state index contributed by atoms with van der Waals surface area (Å²) in [7, 11) is 0. The highest BCUT2D eigenvalue weighted by Crippen LogP contribution is 2.22. The molecule has 5 nitrogen and oxygen atoms in total. The standard InChI is InChI=1S/C18H19N3O2/c1-13-4-6-14(7-5-13)11-21-12-15(9-17(21)22)18(23)20-16-3-2-8-19-10-16/h2-8,10,15H,9,11-12H2,1H3,(H,20,23). The van der Waals surface area contributed by atoms with E-state index in [0.717, 1.165) is 5.56 Å². The molecule has 5 heteroatoms. The zero-order valence-corrected chi connectivity index (χ0v) is 13.0. The Balaban J connectivity index is 1.60. The predicted octanol–water partition coefficient (Wildman–Crippen LogP) is 2.38. The number of hydrogen-bond acceptors (Lipinski definition) is 3. The van der Waals surface area contributed by atoms with Gasteiger partial charge in [-0.3, -0.25) is 14.6 Å². The Morgan fingerprint density at radius 3 is 2.78 bits per heavy atom. The summed E-state index contributed by atoms with van der Waals surface area (Å²) in [6.45, 7) is 3.04. The Morgan fingerprint density at radius 2 is 2.09 bits per heavy atom. The Hall–Kier alpha value is -2.69. The molecule has 1 N–H and O–H groups in total. The fraction of sp³-hybridized carbons (Fsp3) is 0.278. The van der Waals surface area contributed by atoms with E-state index in [0.29, 0.717) is 18.8 Å². The molecule has 1 aliphatic heterocycles. The minimum atomic E-state index is -0.312. The van der Waals surface area contributed by atoms with Crippen molar-refractivity contribution in [2.45, 2.75) is 19.9 Å². The highest BCUT2D eigenvalue weighted by Gasteiger charge is 2.34. The van der Waals surface area contributed by atoms with Gasteiger partial charge in [0, 0.05) is 25.7 Å². The average Bonchev–Trinajstić information content (AvgIpc) is 2.92. The Bertz CT molecular complexity index is 698. The summed E-state index contributed by atoms with van der Waals surface area (Å²) in [6.07, 6.45) is 3.51. The number of anilines is 1. The Kier molecular flexibility index (Phi) is 4.37. The molecule has 3 rings (SSSR count). The number of likely N-dealkylation sites (tertiary alicyclic amines) is 1. The molecule has 1 aliphatic rings. The number of aryl methyl sites for hydroxylation is 1. The number of nitrogens with one attached hydrogen (secondary N) is 1. The summed E-state index contributed by atoms with van der Waals surface area (Å²) in [5, 5.41) is 2.82. The van der Waals surface area contributed by atoms with E-state index in [1.54, 1.807) is 29.4 Å². The van der Waals surface area contributed by atoms with Gasteiger partial charge < -0.3 is 10.2 Å². The molecule has 1 unspecified atom stereocenters. The van der Waals surface area contributed by atoms with Gasteiger partial charge in [-0.2, -0.15) is 0 Å². The van der Waals surface area contributed by atoms with Crippen LogP contribution in [0.2, 0.25) is 0 Å². The first-order valence-electron chi connectivity index (χ1n) is 7.66. The number of amides is 2. The van der Waals surface area contributed by atoms with Crippen molar-refractivity contribution in [1.82, 2.24) is 9.88 Å². The average molecular weight is 309 g/mol. The fourth-order valence-electron chi connectivity index (χ4n) is 2.70. The van der Waals surface area contributed by atoms with Gasteiger partial charge in [0.1, 0.15) is 0 Å². The molecule has 2 aromatic rings. The van der Waals surface area contributed by atoms with E-state index in [-0.39, 0.29) is 24.2 Å². The first kappa shape index (κ1) is 15.2. The Morgan fingerprint density at radius 1 is 1.30 bits per heavy atom. The number of carbonyl (C=O) groups excluding carboxylic acids is 2. The summed E-state index contributed by atoms with van der Waals surface area (Å²) in [4.78, 5) is 30.1. The zero-order valence-electron chi connectivity index (χ0n) is 13.0. The van der Waals surface area contributed by atoms with Gasteiger partial charge in [-0.25, -0.2) is 0 Å². The maximum atomic E-state index is 12.3. The molecular formula is C18H19N3O2. The second-order valence-electron chi connectivity index (χ2n) is 5.89.